The summed E-state index contributed by atoms with van der Waals surface area (Å²) in [4.78, 5) is 14.9. The van der Waals surface area contributed by atoms with Gasteiger partial charge in [0.2, 0.25) is 5.91 Å². The van der Waals surface area contributed by atoms with Gasteiger partial charge in [0, 0.05) is 31.5 Å². The second-order valence-electron chi connectivity index (χ2n) is 8.72. The number of ether oxygens (including phenoxy) is 2. The van der Waals surface area contributed by atoms with Crippen LogP contribution in [0.2, 0.25) is 0 Å². The fourth-order valence-corrected chi connectivity index (χ4v) is 5.14. The van der Waals surface area contributed by atoms with Gasteiger partial charge in [0.25, 0.3) is 0 Å². The molecule has 1 atom stereocenters. The van der Waals surface area contributed by atoms with Crippen LogP contribution in [0.3, 0.4) is 0 Å². The maximum Gasteiger partial charge on any atom is 0.225 e. The van der Waals surface area contributed by atoms with Crippen LogP contribution in [0.4, 0.5) is 0 Å². The van der Waals surface area contributed by atoms with Crippen LogP contribution in [0.15, 0.2) is 0 Å². The van der Waals surface area contributed by atoms with Crippen molar-refractivity contribution in [1.82, 2.24) is 4.90 Å². The van der Waals surface area contributed by atoms with Gasteiger partial charge in [0.15, 0.2) is 0 Å². The van der Waals surface area contributed by atoms with E-state index in [2.05, 4.69) is 4.90 Å². The Kier molecular flexibility index (Phi) is 5.14. The lowest BCUT2D eigenvalue weighted by molar-refractivity contribution is -0.140. The highest BCUT2D eigenvalue weighted by Gasteiger charge is 2.42. The third-order valence-electron chi connectivity index (χ3n) is 7.15. The van der Waals surface area contributed by atoms with Crippen LogP contribution in [0.25, 0.3) is 0 Å². The third-order valence-corrected chi connectivity index (χ3v) is 7.15. The molecule has 4 fully saturated rings. The van der Waals surface area contributed by atoms with Crippen molar-refractivity contribution < 1.29 is 14.3 Å². The minimum atomic E-state index is 0.310. The summed E-state index contributed by atoms with van der Waals surface area (Å²) in [7, 11) is 0. The monoisotopic (exact) mass is 335 g/mol. The van der Waals surface area contributed by atoms with Gasteiger partial charge in [0.1, 0.15) is 0 Å². The fourth-order valence-electron chi connectivity index (χ4n) is 5.14. The molecule has 1 spiro atoms. The molecule has 1 amide bonds. The maximum absolute atomic E-state index is 12.8. The summed E-state index contributed by atoms with van der Waals surface area (Å²) in [6.45, 7) is 4.38. The number of hydrogen-bond acceptors (Lipinski definition) is 3. The standard InChI is InChI=1S/C20H33NO3/c22-19(17-2-9-20(10-3-17)7-1-8-20)21-11-4-18(5-12-21)24-15-16-6-13-23-14-16/h16-18H,1-15H2. The molecule has 4 rings (SSSR count). The van der Waals surface area contributed by atoms with Gasteiger partial charge in [-0.3, -0.25) is 4.79 Å². The third kappa shape index (κ3) is 3.65. The van der Waals surface area contributed by atoms with Crippen molar-refractivity contribution in [2.24, 2.45) is 17.3 Å². The van der Waals surface area contributed by atoms with Gasteiger partial charge < -0.3 is 14.4 Å². The Balaban J connectivity index is 1.17. The quantitative estimate of drug-likeness (QED) is 0.790. The van der Waals surface area contributed by atoms with E-state index in [9.17, 15) is 4.79 Å². The molecular weight excluding hydrogens is 302 g/mol. The number of carbonyl (C=O) groups is 1. The van der Waals surface area contributed by atoms with Crippen LogP contribution >= 0.6 is 0 Å². The van der Waals surface area contributed by atoms with Crippen LogP contribution in [0, 0.1) is 17.3 Å². The topological polar surface area (TPSA) is 38.8 Å². The van der Waals surface area contributed by atoms with E-state index in [0.717, 1.165) is 65.0 Å². The lowest BCUT2D eigenvalue weighted by Crippen LogP contribution is -2.45. The van der Waals surface area contributed by atoms with Crippen molar-refractivity contribution in [3.8, 4) is 0 Å². The molecule has 2 aliphatic heterocycles. The summed E-state index contributed by atoms with van der Waals surface area (Å²) < 4.78 is 11.5. The van der Waals surface area contributed by atoms with E-state index in [1.54, 1.807) is 0 Å². The Morgan fingerprint density at radius 3 is 2.38 bits per heavy atom. The molecule has 0 aromatic carbocycles. The maximum atomic E-state index is 12.8. The van der Waals surface area contributed by atoms with Crippen LogP contribution in [0.1, 0.15) is 64.2 Å². The van der Waals surface area contributed by atoms with Crippen LogP contribution in [-0.2, 0) is 14.3 Å². The summed E-state index contributed by atoms with van der Waals surface area (Å²) >= 11 is 0. The number of carbonyl (C=O) groups excluding carboxylic acids is 1. The molecule has 2 saturated carbocycles. The minimum absolute atomic E-state index is 0.310. The molecule has 0 aromatic heterocycles. The van der Waals surface area contributed by atoms with Crippen LogP contribution < -0.4 is 0 Å². The molecule has 0 bridgehead atoms. The van der Waals surface area contributed by atoms with E-state index < -0.39 is 0 Å². The molecule has 0 N–H and O–H groups in total. The summed E-state index contributed by atoms with van der Waals surface area (Å²) in [5.74, 6) is 1.34. The smallest absolute Gasteiger partial charge is 0.225 e. The molecule has 136 valence electrons. The highest BCUT2D eigenvalue weighted by atomic mass is 16.5. The summed E-state index contributed by atoms with van der Waals surface area (Å²) in [6.07, 6.45) is 12.6. The lowest BCUT2D eigenvalue weighted by atomic mass is 9.59. The minimum Gasteiger partial charge on any atom is -0.381 e. The van der Waals surface area contributed by atoms with Crippen LogP contribution in [0.5, 0.6) is 0 Å². The second-order valence-corrected chi connectivity index (χ2v) is 8.72. The Morgan fingerprint density at radius 2 is 1.79 bits per heavy atom. The molecule has 4 heteroatoms. The number of likely N-dealkylation sites (tertiary alicyclic amines) is 1. The summed E-state index contributed by atoms with van der Waals surface area (Å²) in [5, 5.41) is 0. The van der Waals surface area contributed by atoms with Crippen molar-refractivity contribution >= 4 is 5.91 Å². The SMILES string of the molecule is O=C(C1CCC2(CCC2)CC1)N1CCC(OCC2CCOC2)CC1. The molecule has 24 heavy (non-hydrogen) atoms. The number of rotatable bonds is 4. The van der Waals surface area contributed by atoms with Gasteiger partial charge in [-0.1, -0.05) is 6.42 Å². The number of amides is 1. The van der Waals surface area contributed by atoms with Gasteiger partial charge >= 0.3 is 0 Å². The molecule has 2 heterocycles. The molecule has 0 aromatic rings. The second kappa shape index (κ2) is 7.33. The molecule has 4 aliphatic rings. The van der Waals surface area contributed by atoms with Crippen molar-refractivity contribution in [3.63, 3.8) is 0 Å². The number of piperidine rings is 1. The normalized spacial score (nSPS) is 31.3. The summed E-state index contributed by atoms with van der Waals surface area (Å²) in [6, 6.07) is 0. The average Bonchev–Trinajstić information content (AvgIpc) is 3.12. The van der Waals surface area contributed by atoms with E-state index >= 15 is 0 Å². The Hall–Kier alpha value is -0.610. The van der Waals surface area contributed by atoms with Gasteiger partial charge in [0.05, 0.1) is 19.3 Å². The molecule has 1 unspecified atom stereocenters. The zero-order valence-corrected chi connectivity index (χ0v) is 15.0. The lowest BCUT2D eigenvalue weighted by Gasteiger charge is -2.47. The zero-order chi connectivity index (χ0) is 16.4. The predicted molar refractivity (Wildman–Crippen MR) is 92.7 cm³/mol. The first-order valence-electron chi connectivity index (χ1n) is 10.2. The average molecular weight is 335 g/mol. The Labute approximate surface area is 146 Å². The molecule has 2 aliphatic carbocycles. The fraction of sp³-hybridized carbons (Fsp3) is 0.950. The zero-order valence-electron chi connectivity index (χ0n) is 15.0. The van der Waals surface area contributed by atoms with Gasteiger partial charge in [-0.05, 0) is 63.2 Å². The molecular formula is C20H33NO3. The first kappa shape index (κ1) is 16.8. The highest BCUT2D eigenvalue weighted by Crippen LogP contribution is 2.52. The number of nitrogens with zero attached hydrogens (tertiary/aromatic N) is 1. The van der Waals surface area contributed by atoms with Crippen molar-refractivity contribution in [3.05, 3.63) is 0 Å². The van der Waals surface area contributed by atoms with Gasteiger partial charge in [-0.2, -0.15) is 0 Å². The van der Waals surface area contributed by atoms with Crippen molar-refractivity contribution in [2.45, 2.75) is 70.3 Å². The molecule has 0 radical (unpaired) electrons. The largest absolute Gasteiger partial charge is 0.381 e. The van der Waals surface area contributed by atoms with E-state index in [4.69, 9.17) is 9.47 Å². The van der Waals surface area contributed by atoms with E-state index in [-0.39, 0.29) is 0 Å². The molecule has 4 nitrogen and oxygen atoms in total. The van der Waals surface area contributed by atoms with E-state index in [1.165, 1.54) is 32.1 Å². The number of hydrogen-bond donors (Lipinski definition) is 0. The van der Waals surface area contributed by atoms with Gasteiger partial charge in [-0.15, -0.1) is 0 Å². The Morgan fingerprint density at radius 1 is 1.04 bits per heavy atom. The van der Waals surface area contributed by atoms with E-state index in [0.29, 0.717) is 29.3 Å². The summed E-state index contributed by atoms with van der Waals surface area (Å²) in [5.41, 5.74) is 0.654. The molecule has 2 saturated heterocycles. The predicted octanol–water partition coefficient (Wildman–Crippen LogP) is 3.39. The highest BCUT2D eigenvalue weighted by molar-refractivity contribution is 5.79. The first-order chi connectivity index (χ1) is 11.7. The van der Waals surface area contributed by atoms with Crippen molar-refractivity contribution in [1.29, 1.82) is 0 Å². The van der Waals surface area contributed by atoms with Crippen molar-refractivity contribution in [2.75, 3.05) is 32.9 Å². The first-order valence-corrected chi connectivity index (χ1v) is 10.2. The van der Waals surface area contributed by atoms with E-state index in [1.807, 2.05) is 0 Å². The van der Waals surface area contributed by atoms with Gasteiger partial charge in [-0.25, -0.2) is 0 Å². The Bertz CT molecular complexity index is 424. The van der Waals surface area contributed by atoms with Crippen LogP contribution in [-0.4, -0.2) is 49.8 Å².